The molecule has 14 nitrogen and oxygen atoms in total. The van der Waals surface area contributed by atoms with Crippen LogP contribution in [0.1, 0.15) is 81.7 Å². The minimum absolute atomic E-state index is 0.0984. The number of hydrogen-bond donors (Lipinski definition) is 1. The lowest BCUT2D eigenvalue weighted by Gasteiger charge is -2.40. The van der Waals surface area contributed by atoms with Gasteiger partial charge in [0.25, 0.3) is 17.7 Å². The van der Waals surface area contributed by atoms with Crippen LogP contribution in [0.5, 0.6) is 0 Å². The van der Waals surface area contributed by atoms with Crippen LogP contribution in [-0.4, -0.2) is 127 Å². The van der Waals surface area contributed by atoms with E-state index < -0.39 is 23.8 Å². The van der Waals surface area contributed by atoms with E-state index in [9.17, 15) is 24.0 Å². The molecule has 5 fully saturated rings. The van der Waals surface area contributed by atoms with Gasteiger partial charge in [0.1, 0.15) is 11.9 Å². The van der Waals surface area contributed by atoms with E-state index >= 15 is 0 Å². The Balaban J connectivity index is 0.715. The van der Waals surface area contributed by atoms with Crippen LogP contribution in [0.25, 0.3) is 4.85 Å². The predicted molar refractivity (Wildman–Crippen MR) is 223 cm³/mol. The first kappa shape index (κ1) is 38.7. The maximum atomic E-state index is 13.6. The van der Waals surface area contributed by atoms with Crippen molar-refractivity contribution in [2.75, 3.05) is 86.7 Å². The number of hydrogen-bond acceptors (Lipinski definition) is 10. The number of carbonyl (C=O) groups excluding carboxylic acids is 5. The van der Waals surface area contributed by atoms with Gasteiger partial charge in [-0.05, 0) is 105 Å². The van der Waals surface area contributed by atoms with Gasteiger partial charge in [0.15, 0.2) is 0 Å². The van der Waals surface area contributed by atoms with Crippen LogP contribution in [0.3, 0.4) is 0 Å². The average molecular weight is 798 g/mol. The zero-order valence-corrected chi connectivity index (χ0v) is 33.7. The second-order valence-electron chi connectivity index (χ2n) is 17.3. The Hall–Kier alpha value is -5.81. The van der Waals surface area contributed by atoms with Gasteiger partial charge in [0.05, 0.1) is 17.7 Å². The third kappa shape index (κ3) is 7.52. The van der Waals surface area contributed by atoms with Crippen LogP contribution < -0.4 is 20.0 Å². The standard InChI is InChI=1S/C45H51N9O5/c1-30-37(46-2)9-11-39(47-30)52-20-15-45(16-21-52)17-22-53(29-45)42(57)32-3-5-33(6-4-32)51-25-23-49(24-26-51)28-31-13-18-50(19-14-31)34-7-8-35-36(27-34)44(59)54(43(35)58)38-10-12-40(55)48-41(38)56/h3-9,11,27,31,38H,10,12-26,28-29H2,1H3,(H,48,55,56). The van der Waals surface area contributed by atoms with Gasteiger partial charge in [-0.3, -0.25) is 39.1 Å². The first-order valence-corrected chi connectivity index (χ1v) is 21.2. The quantitative estimate of drug-likeness (QED) is 0.269. The molecule has 5 saturated heterocycles. The largest absolute Gasteiger partial charge is 0.371 e. The van der Waals surface area contributed by atoms with Crippen molar-refractivity contribution in [2.45, 2.75) is 57.9 Å². The van der Waals surface area contributed by atoms with Crippen molar-refractivity contribution in [1.29, 1.82) is 0 Å². The lowest BCUT2D eigenvalue weighted by molar-refractivity contribution is -0.136. The summed E-state index contributed by atoms with van der Waals surface area (Å²) in [5.74, 6) is -0.305. The third-order valence-corrected chi connectivity index (χ3v) is 13.8. The molecule has 1 atom stereocenters. The summed E-state index contributed by atoms with van der Waals surface area (Å²) in [5, 5.41) is 2.25. The highest BCUT2D eigenvalue weighted by atomic mass is 16.2. The maximum Gasteiger partial charge on any atom is 0.262 e. The van der Waals surface area contributed by atoms with Gasteiger partial charge < -0.3 is 19.6 Å². The number of carbonyl (C=O) groups is 5. The molecule has 6 aliphatic rings. The van der Waals surface area contributed by atoms with Gasteiger partial charge in [0.2, 0.25) is 17.5 Å². The highest BCUT2D eigenvalue weighted by Gasteiger charge is 2.45. The van der Waals surface area contributed by atoms with E-state index in [1.807, 2.05) is 37.3 Å². The number of anilines is 3. The van der Waals surface area contributed by atoms with Gasteiger partial charge in [-0.1, -0.05) is 6.07 Å². The fourth-order valence-electron chi connectivity index (χ4n) is 10.1. The number of amides is 5. The minimum atomic E-state index is -0.965. The van der Waals surface area contributed by atoms with Crippen molar-refractivity contribution in [3.63, 3.8) is 0 Å². The summed E-state index contributed by atoms with van der Waals surface area (Å²) in [7, 11) is 0. The Labute approximate surface area is 344 Å². The lowest BCUT2D eigenvalue weighted by atomic mass is 9.78. The molecule has 14 heteroatoms. The Morgan fingerprint density at radius 1 is 0.780 bits per heavy atom. The van der Waals surface area contributed by atoms with Crippen molar-refractivity contribution < 1.29 is 24.0 Å². The number of imide groups is 2. The highest BCUT2D eigenvalue weighted by molar-refractivity contribution is 6.23. The van der Waals surface area contributed by atoms with Crippen LogP contribution in [0, 0.1) is 24.8 Å². The average Bonchev–Trinajstić information content (AvgIpc) is 3.78. The molecular formula is C45H51N9O5. The lowest BCUT2D eigenvalue weighted by Crippen LogP contribution is -2.54. The molecule has 0 radical (unpaired) electrons. The second kappa shape index (κ2) is 15.7. The van der Waals surface area contributed by atoms with Crippen molar-refractivity contribution in [3.05, 3.63) is 88.4 Å². The van der Waals surface area contributed by atoms with Gasteiger partial charge >= 0.3 is 0 Å². The number of pyridine rings is 1. The number of benzene rings is 2. The minimum Gasteiger partial charge on any atom is -0.371 e. The Morgan fingerprint density at radius 3 is 2.15 bits per heavy atom. The van der Waals surface area contributed by atoms with Crippen LogP contribution in [0.15, 0.2) is 54.6 Å². The number of likely N-dealkylation sites (tertiary alicyclic amines) is 1. The number of piperazine rings is 1. The zero-order chi connectivity index (χ0) is 40.8. The van der Waals surface area contributed by atoms with Crippen LogP contribution in [-0.2, 0) is 9.59 Å². The molecule has 306 valence electrons. The van der Waals surface area contributed by atoms with E-state index in [1.165, 1.54) is 0 Å². The molecule has 1 aromatic heterocycles. The molecule has 7 heterocycles. The number of rotatable bonds is 7. The Morgan fingerprint density at radius 2 is 1.46 bits per heavy atom. The molecule has 0 aliphatic carbocycles. The van der Waals surface area contributed by atoms with E-state index in [0.29, 0.717) is 22.7 Å². The third-order valence-electron chi connectivity index (χ3n) is 13.8. The fourth-order valence-corrected chi connectivity index (χ4v) is 10.1. The zero-order valence-electron chi connectivity index (χ0n) is 33.7. The summed E-state index contributed by atoms with van der Waals surface area (Å²) in [6, 6.07) is 16.4. The van der Waals surface area contributed by atoms with Crippen molar-refractivity contribution in [2.24, 2.45) is 11.3 Å². The summed E-state index contributed by atoms with van der Waals surface area (Å²) >= 11 is 0. The van der Waals surface area contributed by atoms with Crippen molar-refractivity contribution in [1.82, 2.24) is 25.0 Å². The monoisotopic (exact) mass is 797 g/mol. The van der Waals surface area contributed by atoms with E-state index in [4.69, 9.17) is 6.57 Å². The fraction of sp³-hybridized carbons (Fsp3) is 0.489. The number of nitrogens with one attached hydrogen (secondary N) is 1. The van der Waals surface area contributed by atoms with E-state index in [-0.39, 0.29) is 30.1 Å². The van der Waals surface area contributed by atoms with Gasteiger partial charge in [-0.25, -0.2) is 9.83 Å². The molecule has 5 amide bonds. The summed E-state index contributed by atoms with van der Waals surface area (Å²) < 4.78 is 0. The maximum absolute atomic E-state index is 13.6. The smallest absolute Gasteiger partial charge is 0.262 e. The number of piperidine rings is 3. The number of aryl methyl sites for hydroxylation is 1. The molecule has 1 spiro atoms. The van der Waals surface area contributed by atoms with E-state index in [1.54, 1.807) is 12.1 Å². The molecule has 9 rings (SSSR count). The second-order valence-corrected chi connectivity index (χ2v) is 17.3. The normalized spacial score (nSPS) is 22.6. The molecule has 0 saturated carbocycles. The molecule has 1 N–H and O–H groups in total. The molecule has 3 aromatic rings. The van der Waals surface area contributed by atoms with Crippen LogP contribution in [0.2, 0.25) is 0 Å². The van der Waals surface area contributed by atoms with E-state index in [2.05, 4.69) is 51.8 Å². The van der Waals surface area contributed by atoms with Crippen LogP contribution >= 0.6 is 0 Å². The Bertz CT molecular complexity index is 2210. The van der Waals surface area contributed by atoms with E-state index in [0.717, 1.165) is 137 Å². The topological polar surface area (TPSA) is 134 Å². The van der Waals surface area contributed by atoms with Gasteiger partial charge in [-0.2, -0.15) is 0 Å². The summed E-state index contributed by atoms with van der Waals surface area (Å²) in [4.78, 5) is 85.1. The molecule has 6 aliphatic heterocycles. The molecule has 0 bridgehead atoms. The summed E-state index contributed by atoms with van der Waals surface area (Å²) in [5.41, 5.74) is 4.98. The predicted octanol–water partition coefficient (Wildman–Crippen LogP) is 4.51. The molecule has 59 heavy (non-hydrogen) atoms. The van der Waals surface area contributed by atoms with Gasteiger partial charge in [0, 0.05) is 101 Å². The highest BCUT2D eigenvalue weighted by Crippen LogP contribution is 2.42. The summed E-state index contributed by atoms with van der Waals surface area (Å²) in [6.45, 7) is 19.2. The first-order valence-electron chi connectivity index (χ1n) is 21.2. The SMILES string of the molecule is [C-]#[N+]c1ccc(N2CCC3(CCN(C(=O)c4ccc(N5CCN(CC6CCN(c7ccc8c(c7)C(=O)N(C7CCC(=O)NC7=O)C8=O)CC6)CC5)cc4)C3)CC2)nc1C. The Kier molecular flexibility index (Phi) is 10.3. The number of aromatic nitrogens is 1. The molecule has 2 aromatic carbocycles. The molecular weight excluding hydrogens is 747 g/mol. The molecule has 1 unspecified atom stereocenters. The van der Waals surface area contributed by atoms with Crippen molar-refractivity contribution in [3.8, 4) is 0 Å². The van der Waals surface area contributed by atoms with Crippen LogP contribution in [0.4, 0.5) is 22.9 Å². The number of fused-ring (bicyclic) bond motifs is 1. The van der Waals surface area contributed by atoms with Crippen molar-refractivity contribution >= 4 is 52.4 Å². The first-order chi connectivity index (χ1) is 28.6. The number of nitrogens with zero attached hydrogens (tertiary/aromatic N) is 8. The summed E-state index contributed by atoms with van der Waals surface area (Å²) in [6.07, 6.45) is 5.41. The van der Waals surface area contributed by atoms with Gasteiger partial charge in [-0.15, -0.1) is 0 Å².